The van der Waals surface area contributed by atoms with Gasteiger partial charge in [0.2, 0.25) is 5.91 Å². The first-order valence-electron chi connectivity index (χ1n) is 6.37. The van der Waals surface area contributed by atoms with Crippen LogP contribution in [0.5, 0.6) is 0 Å². The maximum atomic E-state index is 12.8. The van der Waals surface area contributed by atoms with Crippen molar-refractivity contribution < 1.29 is 18.0 Å². The van der Waals surface area contributed by atoms with Gasteiger partial charge in [0.25, 0.3) is 0 Å². The summed E-state index contributed by atoms with van der Waals surface area (Å²) in [5.74, 6) is -0.181. The molecule has 2 heterocycles. The van der Waals surface area contributed by atoms with E-state index in [2.05, 4.69) is 10.4 Å². The van der Waals surface area contributed by atoms with E-state index in [-0.39, 0.29) is 24.1 Å². The zero-order chi connectivity index (χ0) is 14.9. The highest BCUT2D eigenvalue weighted by atomic mass is 19.4. The van der Waals surface area contributed by atoms with Gasteiger partial charge in [0.15, 0.2) is 5.69 Å². The first-order valence-corrected chi connectivity index (χ1v) is 6.37. The third-order valence-corrected chi connectivity index (χ3v) is 3.32. The number of aryl methyl sites for hydroxylation is 1. The number of rotatable bonds is 3. The lowest BCUT2D eigenvalue weighted by atomic mass is 10.2. The van der Waals surface area contributed by atoms with E-state index in [9.17, 15) is 18.0 Å². The molecule has 1 atom stereocenters. The first-order chi connectivity index (χ1) is 9.29. The van der Waals surface area contributed by atoms with Gasteiger partial charge in [-0.05, 0) is 19.4 Å². The number of carbonyl (C=O) groups is 1. The molecule has 20 heavy (non-hydrogen) atoms. The topological polar surface area (TPSA) is 50.2 Å². The molecule has 1 aromatic rings. The normalized spacial score (nSPS) is 19.4. The number of halogens is 3. The highest BCUT2D eigenvalue weighted by Gasteiger charge is 2.37. The van der Waals surface area contributed by atoms with E-state index >= 15 is 0 Å². The molecule has 5 nitrogen and oxygen atoms in total. The van der Waals surface area contributed by atoms with Gasteiger partial charge in [0, 0.05) is 32.4 Å². The lowest BCUT2D eigenvalue weighted by Crippen LogP contribution is -2.41. The Balaban J connectivity index is 2.11. The zero-order valence-corrected chi connectivity index (χ0v) is 11.4. The second-order valence-electron chi connectivity index (χ2n) is 5.02. The van der Waals surface area contributed by atoms with Crippen molar-refractivity contribution in [1.82, 2.24) is 20.0 Å². The quantitative estimate of drug-likeness (QED) is 0.908. The molecular weight excluding hydrogens is 273 g/mol. The van der Waals surface area contributed by atoms with E-state index in [1.165, 1.54) is 25.2 Å². The molecule has 1 aliphatic rings. The largest absolute Gasteiger partial charge is 0.435 e. The third-order valence-electron chi connectivity index (χ3n) is 3.32. The first kappa shape index (κ1) is 14.8. The number of carbonyl (C=O) groups excluding carboxylic acids is 1. The second kappa shape index (κ2) is 5.43. The number of nitrogens with one attached hydrogen (secondary N) is 1. The molecule has 0 saturated carbocycles. The smallest absolute Gasteiger partial charge is 0.340 e. The number of aromatic nitrogens is 2. The van der Waals surface area contributed by atoms with E-state index in [1.54, 1.807) is 0 Å². The predicted octanol–water partition coefficient (Wildman–Crippen LogP) is 1.15. The van der Waals surface area contributed by atoms with E-state index < -0.39 is 11.9 Å². The minimum atomic E-state index is -4.51. The van der Waals surface area contributed by atoms with Gasteiger partial charge in [-0.25, -0.2) is 0 Å². The number of nitrogens with zero attached hydrogens (tertiary/aromatic N) is 3. The lowest BCUT2D eigenvalue weighted by molar-refractivity contribution is -0.143. The Bertz CT molecular complexity index is 491. The van der Waals surface area contributed by atoms with Crippen LogP contribution in [0.3, 0.4) is 0 Å². The summed E-state index contributed by atoms with van der Waals surface area (Å²) < 4.78 is 39.6. The summed E-state index contributed by atoms with van der Waals surface area (Å²) in [5.41, 5.74) is -0.923. The van der Waals surface area contributed by atoms with Gasteiger partial charge in [0.1, 0.15) is 0 Å². The SMILES string of the molecule is CN(Cc1cn(C)nc1C(F)(F)F)C(=O)[C@@H]1CCCN1. The van der Waals surface area contributed by atoms with Crippen molar-refractivity contribution >= 4 is 5.91 Å². The van der Waals surface area contributed by atoms with Crippen molar-refractivity contribution in [2.24, 2.45) is 7.05 Å². The molecule has 8 heteroatoms. The second-order valence-corrected chi connectivity index (χ2v) is 5.02. The van der Waals surface area contributed by atoms with Gasteiger partial charge in [-0.3, -0.25) is 9.48 Å². The summed E-state index contributed by atoms with van der Waals surface area (Å²) >= 11 is 0. The monoisotopic (exact) mass is 290 g/mol. The van der Waals surface area contributed by atoms with Gasteiger partial charge in [-0.2, -0.15) is 18.3 Å². The molecule has 1 aromatic heterocycles. The molecule has 2 rings (SSSR count). The fourth-order valence-corrected chi connectivity index (χ4v) is 2.39. The van der Waals surface area contributed by atoms with Crippen molar-refractivity contribution in [1.29, 1.82) is 0 Å². The van der Waals surface area contributed by atoms with Crippen LogP contribution in [0.1, 0.15) is 24.1 Å². The minimum absolute atomic E-state index is 0.00819. The van der Waals surface area contributed by atoms with Crippen LogP contribution in [0.2, 0.25) is 0 Å². The maximum absolute atomic E-state index is 12.8. The van der Waals surface area contributed by atoms with E-state index in [0.717, 1.165) is 24.1 Å². The zero-order valence-electron chi connectivity index (χ0n) is 11.4. The lowest BCUT2D eigenvalue weighted by Gasteiger charge is -2.21. The van der Waals surface area contributed by atoms with Crippen molar-refractivity contribution in [2.75, 3.05) is 13.6 Å². The average molecular weight is 290 g/mol. The van der Waals surface area contributed by atoms with Crippen LogP contribution in [-0.2, 0) is 24.6 Å². The molecule has 0 unspecified atom stereocenters. The Hall–Kier alpha value is -1.57. The molecule has 0 aromatic carbocycles. The Kier molecular flexibility index (Phi) is 4.03. The Morgan fingerprint density at radius 1 is 1.60 bits per heavy atom. The number of amides is 1. The molecule has 1 aliphatic heterocycles. The van der Waals surface area contributed by atoms with Crippen molar-refractivity contribution in [3.05, 3.63) is 17.5 Å². The predicted molar refractivity (Wildman–Crippen MR) is 65.7 cm³/mol. The van der Waals surface area contributed by atoms with Crippen LogP contribution in [0, 0.1) is 0 Å². The molecule has 0 bridgehead atoms. The van der Waals surface area contributed by atoms with Crippen molar-refractivity contribution in [3.63, 3.8) is 0 Å². The molecular formula is C12H17F3N4O. The molecule has 112 valence electrons. The van der Waals surface area contributed by atoms with Gasteiger partial charge < -0.3 is 10.2 Å². The van der Waals surface area contributed by atoms with E-state index in [1.807, 2.05) is 0 Å². The van der Waals surface area contributed by atoms with Crippen LogP contribution in [-0.4, -0.2) is 40.2 Å². The summed E-state index contributed by atoms with van der Waals surface area (Å²) in [6.45, 7) is 0.671. The van der Waals surface area contributed by atoms with Crippen molar-refractivity contribution in [2.45, 2.75) is 31.6 Å². The maximum Gasteiger partial charge on any atom is 0.435 e. The van der Waals surface area contributed by atoms with Crippen LogP contribution in [0.25, 0.3) is 0 Å². The molecule has 0 radical (unpaired) electrons. The fourth-order valence-electron chi connectivity index (χ4n) is 2.39. The summed E-state index contributed by atoms with van der Waals surface area (Å²) in [5, 5.41) is 6.47. The van der Waals surface area contributed by atoms with Crippen LogP contribution in [0.15, 0.2) is 6.20 Å². The number of likely N-dealkylation sites (N-methyl/N-ethyl adjacent to an activating group) is 1. The molecule has 1 saturated heterocycles. The van der Waals surface area contributed by atoms with E-state index in [0.29, 0.717) is 0 Å². The number of hydrogen-bond acceptors (Lipinski definition) is 3. The molecule has 0 aliphatic carbocycles. The van der Waals surface area contributed by atoms with Gasteiger partial charge in [0.05, 0.1) is 6.04 Å². The van der Waals surface area contributed by atoms with Crippen LogP contribution >= 0.6 is 0 Å². The van der Waals surface area contributed by atoms with Crippen molar-refractivity contribution in [3.8, 4) is 0 Å². The molecule has 0 spiro atoms. The van der Waals surface area contributed by atoms with Gasteiger partial charge >= 0.3 is 6.18 Å². The van der Waals surface area contributed by atoms with E-state index in [4.69, 9.17) is 0 Å². The average Bonchev–Trinajstić information content (AvgIpc) is 2.96. The summed E-state index contributed by atoms with van der Waals surface area (Å²) in [6.07, 6.45) is -1.58. The highest BCUT2D eigenvalue weighted by Crippen LogP contribution is 2.31. The Morgan fingerprint density at radius 3 is 2.85 bits per heavy atom. The molecule has 1 fully saturated rings. The Labute approximate surface area is 114 Å². The molecule has 1 N–H and O–H groups in total. The fraction of sp³-hybridized carbons (Fsp3) is 0.667. The Morgan fingerprint density at radius 2 is 2.30 bits per heavy atom. The van der Waals surface area contributed by atoms with Gasteiger partial charge in [-0.15, -0.1) is 0 Å². The molecule has 1 amide bonds. The summed E-state index contributed by atoms with van der Waals surface area (Å²) in [4.78, 5) is 13.4. The van der Waals surface area contributed by atoms with Crippen LogP contribution in [0.4, 0.5) is 13.2 Å². The third kappa shape index (κ3) is 3.12. The minimum Gasteiger partial charge on any atom is -0.340 e. The standard InChI is InChI=1S/C12H17F3N4O/c1-18(11(20)9-4-3-5-16-9)6-8-7-19(2)17-10(8)12(13,14)15/h7,9,16H,3-6H2,1-2H3/t9-/m0/s1. The van der Waals surface area contributed by atoms with Gasteiger partial charge in [-0.1, -0.05) is 0 Å². The van der Waals surface area contributed by atoms with Crippen LogP contribution < -0.4 is 5.32 Å². The number of hydrogen-bond donors (Lipinski definition) is 1. The summed E-state index contributed by atoms with van der Waals surface area (Å²) in [7, 11) is 2.94. The summed E-state index contributed by atoms with van der Waals surface area (Å²) in [6, 6.07) is -0.286. The number of alkyl halides is 3. The highest BCUT2D eigenvalue weighted by molar-refractivity contribution is 5.81.